The molecule has 0 radical (unpaired) electrons. The van der Waals surface area contributed by atoms with Crippen LogP contribution in [0.25, 0.3) is 0 Å². The maximum atomic E-state index is 12.1. The molecule has 3 rings (SSSR count). The summed E-state index contributed by atoms with van der Waals surface area (Å²) in [6.07, 6.45) is 8.36. The van der Waals surface area contributed by atoms with Gasteiger partial charge < -0.3 is 16.0 Å². The molecular weight excluding hydrogens is 276 g/mol. The Morgan fingerprint density at radius 2 is 1.86 bits per heavy atom. The lowest BCUT2D eigenvalue weighted by atomic mass is 9.83. The van der Waals surface area contributed by atoms with Gasteiger partial charge in [0.25, 0.3) is 0 Å². The fourth-order valence-corrected chi connectivity index (χ4v) is 4.80. The van der Waals surface area contributed by atoms with Crippen molar-refractivity contribution >= 4 is 6.03 Å². The van der Waals surface area contributed by atoms with Gasteiger partial charge in [0.1, 0.15) is 0 Å². The summed E-state index contributed by atoms with van der Waals surface area (Å²) in [5, 5.41) is 3.45. The van der Waals surface area contributed by atoms with E-state index < -0.39 is 0 Å². The molecule has 5 heteroatoms. The Labute approximate surface area is 134 Å². The van der Waals surface area contributed by atoms with Crippen LogP contribution < -0.4 is 11.1 Å². The van der Waals surface area contributed by atoms with E-state index in [2.05, 4.69) is 22.0 Å². The van der Waals surface area contributed by atoms with Crippen LogP contribution in [0, 0.1) is 5.92 Å². The molecule has 0 aromatic carbocycles. The number of primary amides is 1. The van der Waals surface area contributed by atoms with Crippen molar-refractivity contribution in [1.29, 1.82) is 0 Å². The summed E-state index contributed by atoms with van der Waals surface area (Å²) in [4.78, 5) is 16.8. The van der Waals surface area contributed by atoms with Crippen molar-refractivity contribution in [1.82, 2.24) is 15.1 Å². The van der Waals surface area contributed by atoms with Gasteiger partial charge in [0, 0.05) is 37.8 Å². The van der Waals surface area contributed by atoms with Crippen LogP contribution in [0.15, 0.2) is 0 Å². The molecule has 22 heavy (non-hydrogen) atoms. The molecule has 1 aliphatic carbocycles. The molecule has 2 aliphatic heterocycles. The SMILES string of the molecule is CC1CCCC[C@H]1N(C(N)=O)C1CCN(C2CCNC2)CC1. The number of piperidine rings is 1. The molecule has 2 heterocycles. The second-order valence-electron chi connectivity index (χ2n) is 7.49. The number of carbonyl (C=O) groups is 1. The van der Waals surface area contributed by atoms with E-state index in [1.165, 1.54) is 25.7 Å². The lowest BCUT2D eigenvalue weighted by Gasteiger charge is -2.45. The van der Waals surface area contributed by atoms with Crippen molar-refractivity contribution in [2.75, 3.05) is 26.2 Å². The molecule has 0 aromatic heterocycles. The molecule has 0 spiro atoms. The average Bonchev–Trinajstić information content (AvgIpc) is 3.04. The van der Waals surface area contributed by atoms with E-state index in [1.807, 2.05) is 0 Å². The molecule has 3 aliphatic rings. The first kappa shape index (κ1) is 16.1. The summed E-state index contributed by atoms with van der Waals surface area (Å²) in [6.45, 7) is 6.80. The van der Waals surface area contributed by atoms with Crippen molar-refractivity contribution in [3.8, 4) is 0 Å². The van der Waals surface area contributed by atoms with E-state index in [-0.39, 0.29) is 6.03 Å². The first-order valence-electron chi connectivity index (χ1n) is 9.19. The number of nitrogens with zero attached hydrogens (tertiary/aromatic N) is 2. The molecule has 1 saturated carbocycles. The molecule has 3 fully saturated rings. The minimum Gasteiger partial charge on any atom is -0.351 e. The summed E-state index contributed by atoms with van der Waals surface area (Å²) < 4.78 is 0. The van der Waals surface area contributed by atoms with Gasteiger partial charge in [-0.15, -0.1) is 0 Å². The third kappa shape index (κ3) is 3.40. The summed E-state index contributed by atoms with van der Waals surface area (Å²) in [5.74, 6) is 0.596. The molecule has 5 nitrogen and oxygen atoms in total. The van der Waals surface area contributed by atoms with E-state index in [0.717, 1.165) is 45.4 Å². The average molecular weight is 308 g/mol. The number of hydrogen-bond donors (Lipinski definition) is 2. The zero-order chi connectivity index (χ0) is 15.5. The molecule has 2 saturated heterocycles. The first-order chi connectivity index (χ1) is 10.7. The lowest BCUT2D eigenvalue weighted by molar-refractivity contribution is 0.0556. The van der Waals surface area contributed by atoms with Gasteiger partial charge in [-0.3, -0.25) is 4.90 Å². The molecule has 0 bridgehead atoms. The topological polar surface area (TPSA) is 61.6 Å². The van der Waals surface area contributed by atoms with Crippen molar-refractivity contribution in [3.63, 3.8) is 0 Å². The molecule has 2 unspecified atom stereocenters. The minimum absolute atomic E-state index is 0.195. The quantitative estimate of drug-likeness (QED) is 0.835. The summed E-state index contributed by atoms with van der Waals surface area (Å²) >= 11 is 0. The van der Waals surface area contributed by atoms with E-state index in [4.69, 9.17) is 5.73 Å². The Kier molecular flexibility index (Phi) is 5.24. The number of likely N-dealkylation sites (tertiary alicyclic amines) is 1. The zero-order valence-corrected chi connectivity index (χ0v) is 14.0. The Bertz CT molecular complexity index is 375. The molecule has 0 aromatic rings. The highest BCUT2D eigenvalue weighted by Gasteiger charge is 2.36. The Morgan fingerprint density at radius 3 is 2.45 bits per heavy atom. The van der Waals surface area contributed by atoms with Gasteiger partial charge in [-0.1, -0.05) is 19.8 Å². The monoisotopic (exact) mass is 308 g/mol. The van der Waals surface area contributed by atoms with Crippen molar-refractivity contribution in [2.24, 2.45) is 11.7 Å². The van der Waals surface area contributed by atoms with Crippen LogP contribution in [-0.4, -0.2) is 60.1 Å². The smallest absolute Gasteiger partial charge is 0.315 e. The summed E-state index contributed by atoms with van der Waals surface area (Å²) in [5.41, 5.74) is 5.78. The number of rotatable bonds is 3. The van der Waals surface area contributed by atoms with Gasteiger partial charge in [-0.05, 0) is 44.6 Å². The lowest BCUT2D eigenvalue weighted by Crippen LogP contribution is -2.56. The van der Waals surface area contributed by atoms with Crippen LogP contribution in [0.1, 0.15) is 51.9 Å². The zero-order valence-electron chi connectivity index (χ0n) is 14.0. The predicted molar refractivity (Wildman–Crippen MR) is 88.7 cm³/mol. The minimum atomic E-state index is -0.195. The third-order valence-electron chi connectivity index (χ3n) is 6.12. The van der Waals surface area contributed by atoms with E-state index >= 15 is 0 Å². The third-order valence-corrected chi connectivity index (χ3v) is 6.12. The van der Waals surface area contributed by atoms with Crippen molar-refractivity contribution in [3.05, 3.63) is 0 Å². The van der Waals surface area contributed by atoms with Crippen LogP contribution in [-0.2, 0) is 0 Å². The fraction of sp³-hybridized carbons (Fsp3) is 0.941. The highest BCUT2D eigenvalue weighted by molar-refractivity contribution is 5.73. The normalized spacial score (nSPS) is 34.7. The highest BCUT2D eigenvalue weighted by atomic mass is 16.2. The second-order valence-corrected chi connectivity index (χ2v) is 7.49. The molecule has 2 amide bonds. The Hall–Kier alpha value is -0.810. The number of amides is 2. The Morgan fingerprint density at radius 1 is 1.14 bits per heavy atom. The summed E-state index contributed by atoms with van der Waals surface area (Å²) in [6, 6.07) is 1.24. The van der Waals surface area contributed by atoms with Crippen LogP contribution in [0.2, 0.25) is 0 Å². The molecule has 3 atom stereocenters. The van der Waals surface area contributed by atoms with E-state index in [1.54, 1.807) is 0 Å². The predicted octanol–water partition coefficient (Wildman–Crippen LogP) is 1.77. The van der Waals surface area contributed by atoms with Gasteiger partial charge in [0.15, 0.2) is 0 Å². The van der Waals surface area contributed by atoms with Gasteiger partial charge >= 0.3 is 6.03 Å². The number of carbonyl (C=O) groups excluding carboxylic acids is 1. The second kappa shape index (κ2) is 7.18. The van der Waals surface area contributed by atoms with Gasteiger partial charge in [0.2, 0.25) is 0 Å². The van der Waals surface area contributed by atoms with E-state index in [9.17, 15) is 4.79 Å². The standard InChI is InChI=1S/C17H32N4O/c1-13-4-2-3-5-16(13)21(17(18)22)14-7-10-20(11-8-14)15-6-9-19-12-15/h13-16,19H,2-12H2,1H3,(H2,18,22)/t13?,15?,16-/m1/s1. The van der Waals surface area contributed by atoms with Gasteiger partial charge in [0.05, 0.1) is 0 Å². The van der Waals surface area contributed by atoms with Crippen LogP contribution >= 0.6 is 0 Å². The summed E-state index contributed by atoms with van der Waals surface area (Å²) in [7, 11) is 0. The maximum Gasteiger partial charge on any atom is 0.315 e. The van der Waals surface area contributed by atoms with Crippen LogP contribution in [0.5, 0.6) is 0 Å². The molecule has 126 valence electrons. The van der Waals surface area contributed by atoms with Crippen molar-refractivity contribution in [2.45, 2.75) is 70.0 Å². The van der Waals surface area contributed by atoms with Gasteiger partial charge in [-0.2, -0.15) is 0 Å². The number of nitrogens with one attached hydrogen (secondary N) is 1. The number of hydrogen-bond acceptors (Lipinski definition) is 3. The van der Waals surface area contributed by atoms with Gasteiger partial charge in [-0.25, -0.2) is 4.79 Å². The molecule has 3 N–H and O–H groups in total. The number of nitrogens with two attached hydrogens (primary N) is 1. The maximum absolute atomic E-state index is 12.1. The van der Waals surface area contributed by atoms with Crippen LogP contribution in [0.3, 0.4) is 0 Å². The number of urea groups is 1. The fourth-order valence-electron chi connectivity index (χ4n) is 4.80. The van der Waals surface area contributed by atoms with E-state index in [0.29, 0.717) is 24.0 Å². The largest absolute Gasteiger partial charge is 0.351 e. The van der Waals surface area contributed by atoms with Crippen molar-refractivity contribution < 1.29 is 4.79 Å². The Balaban J connectivity index is 1.60. The van der Waals surface area contributed by atoms with Crippen LogP contribution in [0.4, 0.5) is 4.79 Å². The molecular formula is C17H32N4O. The highest BCUT2D eigenvalue weighted by Crippen LogP contribution is 2.32. The first-order valence-corrected chi connectivity index (χ1v) is 9.19.